The van der Waals surface area contributed by atoms with Crippen LogP contribution in [-0.2, 0) is 16.3 Å². The maximum Gasteiger partial charge on any atom is 0.270 e. The Hall–Kier alpha value is -4.10. The Bertz CT molecular complexity index is 1720. The molecule has 0 saturated carbocycles. The standard InChI is InChI=1S/C27H25NO4S.C5H5N/c1-33(31,32)16-15-19-9-11-24(20-6-4-7-21(17-20)28(29)30)27-23(19)13-14-25-22-8-3-2-5-18(22)10-12-26(25)27;1-2-4-6-5-3-1/h2-8,12-14,17,19H,9-11,15-16H2,1H3;1-5H. The lowest BCUT2D eigenvalue weighted by Crippen LogP contribution is -2.38. The van der Waals surface area contributed by atoms with Crippen LogP contribution in [0, 0.1) is 10.1 Å². The van der Waals surface area contributed by atoms with Crippen LogP contribution in [0.2, 0.25) is 0 Å². The molecule has 0 N–H and O–H groups in total. The lowest BCUT2D eigenvalue weighted by Gasteiger charge is -2.27. The molecule has 0 aliphatic heterocycles. The summed E-state index contributed by atoms with van der Waals surface area (Å²) >= 11 is 0. The number of nitrogens with zero attached hydrogens (tertiary/aromatic N) is 2. The van der Waals surface area contributed by atoms with Gasteiger partial charge in [-0.25, -0.2) is 8.42 Å². The fourth-order valence-electron chi connectivity index (χ4n) is 5.60. The zero-order valence-corrected chi connectivity index (χ0v) is 22.6. The summed E-state index contributed by atoms with van der Waals surface area (Å²) in [6.45, 7) is 0. The van der Waals surface area contributed by atoms with Crippen LogP contribution in [-0.4, -0.2) is 30.3 Å². The average molecular weight is 539 g/mol. The van der Waals surface area contributed by atoms with Crippen molar-refractivity contribution < 1.29 is 13.3 Å². The summed E-state index contributed by atoms with van der Waals surface area (Å²) in [7, 11) is -3.05. The zero-order valence-electron chi connectivity index (χ0n) is 21.8. The van der Waals surface area contributed by atoms with E-state index < -0.39 is 9.84 Å². The van der Waals surface area contributed by atoms with Gasteiger partial charge in [0.25, 0.3) is 5.69 Å². The maximum absolute atomic E-state index is 11.9. The molecule has 0 spiro atoms. The first-order valence-corrected chi connectivity index (χ1v) is 15.1. The van der Waals surface area contributed by atoms with E-state index in [4.69, 9.17) is 0 Å². The highest BCUT2D eigenvalue weighted by Gasteiger charge is 2.25. The van der Waals surface area contributed by atoms with E-state index in [1.165, 1.54) is 29.0 Å². The van der Waals surface area contributed by atoms with Crippen molar-refractivity contribution in [3.8, 4) is 11.1 Å². The molecule has 1 heterocycles. The van der Waals surface area contributed by atoms with Crippen LogP contribution < -0.4 is 10.4 Å². The number of sulfone groups is 1. The summed E-state index contributed by atoms with van der Waals surface area (Å²) < 4.78 is 23.7. The largest absolute Gasteiger partial charge is 0.270 e. The molecule has 0 fully saturated rings. The topological polar surface area (TPSA) is 90.2 Å². The number of hydrogen-bond acceptors (Lipinski definition) is 5. The molecule has 1 unspecified atom stereocenters. The van der Waals surface area contributed by atoms with E-state index in [0.29, 0.717) is 6.42 Å². The van der Waals surface area contributed by atoms with Gasteiger partial charge < -0.3 is 0 Å². The van der Waals surface area contributed by atoms with Crippen LogP contribution in [0.25, 0.3) is 22.8 Å². The maximum atomic E-state index is 11.9. The van der Waals surface area contributed by atoms with Gasteiger partial charge in [-0.3, -0.25) is 15.1 Å². The number of non-ortho nitro benzene ring substituents is 1. The number of aromatic nitrogens is 1. The average Bonchev–Trinajstić information content (AvgIpc) is 2.96. The van der Waals surface area contributed by atoms with Gasteiger partial charge >= 0.3 is 0 Å². The molecule has 1 atom stereocenters. The minimum absolute atomic E-state index is 0.0832. The highest BCUT2D eigenvalue weighted by molar-refractivity contribution is 7.90. The third kappa shape index (κ3) is 5.99. The van der Waals surface area contributed by atoms with Crippen molar-refractivity contribution in [2.75, 3.05) is 12.0 Å². The number of hydrogen-bond donors (Lipinski definition) is 0. The molecule has 1 aromatic heterocycles. The van der Waals surface area contributed by atoms with Crippen molar-refractivity contribution in [2.24, 2.45) is 0 Å². The molecule has 2 aliphatic carbocycles. The van der Waals surface area contributed by atoms with Gasteiger partial charge in [0.15, 0.2) is 0 Å². The summed E-state index contributed by atoms with van der Waals surface area (Å²) in [6, 6.07) is 25.3. The monoisotopic (exact) mass is 538 g/mol. The van der Waals surface area contributed by atoms with E-state index in [0.717, 1.165) is 46.4 Å². The minimum atomic E-state index is -3.05. The molecule has 0 saturated heterocycles. The molecule has 2 aliphatic rings. The third-order valence-electron chi connectivity index (χ3n) is 7.40. The number of fused-ring (bicyclic) bond motifs is 5. The second-order valence-corrected chi connectivity index (χ2v) is 12.3. The normalized spacial score (nSPS) is 15.5. The minimum Gasteiger partial charge on any atom is -0.265 e. The lowest BCUT2D eigenvalue weighted by molar-refractivity contribution is -0.384. The Morgan fingerprint density at radius 1 is 0.949 bits per heavy atom. The van der Waals surface area contributed by atoms with E-state index in [2.05, 4.69) is 41.4 Å². The molecule has 7 heteroatoms. The molecule has 0 radical (unpaired) electrons. The molecule has 0 amide bonds. The van der Waals surface area contributed by atoms with Crippen LogP contribution in [0.1, 0.15) is 41.9 Å². The molecular formula is C32H30N2O4S. The summed E-state index contributed by atoms with van der Waals surface area (Å²) in [5, 5.41) is 13.7. The zero-order chi connectivity index (χ0) is 27.4. The van der Waals surface area contributed by atoms with Crippen LogP contribution in [0.5, 0.6) is 0 Å². The fourth-order valence-corrected chi connectivity index (χ4v) is 6.31. The van der Waals surface area contributed by atoms with Crippen molar-refractivity contribution in [3.05, 3.63) is 128 Å². The molecule has 0 bridgehead atoms. The SMILES string of the molecule is CS(=O)(=O)CCC1CCC(c2cccc([N+](=O)[O-])c2)=c2c1ccc1c2=CCc2ccccc2-1.c1ccncc1. The van der Waals surface area contributed by atoms with E-state index in [-0.39, 0.29) is 22.3 Å². The smallest absolute Gasteiger partial charge is 0.265 e. The molecule has 6 nitrogen and oxygen atoms in total. The van der Waals surface area contributed by atoms with E-state index in [9.17, 15) is 18.5 Å². The van der Waals surface area contributed by atoms with Crippen LogP contribution in [0.4, 0.5) is 5.69 Å². The Balaban J connectivity index is 0.000000455. The molecule has 198 valence electrons. The van der Waals surface area contributed by atoms with Crippen molar-refractivity contribution in [1.29, 1.82) is 0 Å². The van der Waals surface area contributed by atoms with Crippen LogP contribution in [0.15, 0.2) is 91.3 Å². The third-order valence-corrected chi connectivity index (χ3v) is 8.38. The molecule has 3 aromatic carbocycles. The van der Waals surface area contributed by atoms with Crippen molar-refractivity contribution in [2.45, 2.75) is 31.6 Å². The van der Waals surface area contributed by atoms with Gasteiger partial charge in [0.05, 0.1) is 10.7 Å². The Morgan fingerprint density at radius 3 is 2.44 bits per heavy atom. The van der Waals surface area contributed by atoms with Crippen LogP contribution >= 0.6 is 0 Å². The van der Waals surface area contributed by atoms with Gasteiger partial charge in [-0.2, -0.15) is 0 Å². The quantitative estimate of drug-likeness (QED) is 0.258. The Labute approximate surface area is 228 Å². The fraction of sp³-hybridized carbons (Fsp3) is 0.219. The van der Waals surface area contributed by atoms with Crippen LogP contribution in [0.3, 0.4) is 0 Å². The van der Waals surface area contributed by atoms with Gasteiger partial charge in [0, 0.05) is 30.8 Å². The Kier molecular flexibility index (Phi) is 7.70. The highest BCUT2D eigenvalue weighted by Crippen LogP contribution is 2.34. The summed E-state index contributed by atoms with van der Waals surface area (Å²) in [6.07, 6.45) is 10.0. The number of nitro groups is 1. The van der Waals surface area contributed by atoms with Gasteiger partial charge in [-0.15, -0.1) is 0 Å². The van der Waals surface area contributed by atoms with Crippen molar-refractivity contribution in [3.63, 3.8) is 0 Å². The predicted octanol–water partition coefficient (Wildman–Crippen LogP) is 5.19. The van der Waals surface area contributed by atoms with E-state index >= 15 is 0 Å². The van der Waals surface area contributed by atoms with Crippen molar-refractivity contribution in [1.82, 2.24) is 4.98 Å². The number of benzene rings is 3. The first-order chi connectivity index (χ1) is 18.8. The van der Waals surface area contributed by atoms with E-state index in [1.807, 2.05) is 30.3 Å². The van der Waals surface area contributed by atoms with E-state index in [1.54, 1.807) is 24.5 Å². The number of rotatable bonds is 5. The van der Waals surface area contributed by atoms with Gasteiger partial charge in [-0.1, -0.05) is 60.7 Å². The van der Waals surface area contributed by atoms with Gasteiger partial charge in [0.1, 0.15) is 9.84 Å². The summed E-state index contributed by atoms with van der Waals surface area (Å²) in [5.41, 5.74) is 6.88. The number of pyridine rings is 1. The van der Waals surface area contributed by atoms with Gasteiger partial charge in [0.2, 0.25) is 0 Å². The second kappa shape index (κ2) is 11.3. The highest BCUT2D eigenvalue weighted by atomic mass is 32.2. The lowest BCUT2D eigenvalue weighted by atomic mass is 9.77. The second-order valence-electron chi connectivity index (χ2n) is 10.0. The Morgan fingerprint density at radius 2 is 1.74 bits per heavy atom. The molecule has 6 rings (SSSR count). The predicted molar refractivity (Wildman–Crippen MR) is 155 cm³/mol. The first kappa shape index (κ1) is 26.5. The summed E-state index contributed by atoms with van der Waals surface area (Å²) in [4.78, 5) is 14.8. The first-order valence-electron chi connectivity index (χ1n) is 13.0. The molecule has 39 heavy (non-hydrogen) atoms. The summed E-state index contributed by atoms with van der Waals surface area (Å²) in [5.74, 6) is 0.306. The van der Waals surface area contributed by atoms with Gasteiger partial charge in [-0.05, 0) is 87.6 Å². The molecular weight excluding hydrogens is 508 g/mol. The number of nitro benzene ring substituents is 1. The van der Waals surface area contributed by atoms with Crippen molar-refractivity contribution >= 4 is 27.2 Å². The molecule has 4 aromatic rings.